The molecular formula is C15H19BrClNO2. The number of piperidine rings is 1. The molecule has 0 atom stereocenters. The first-order chi connectivity index (χ1) is 9.61. The van der Waals surface area contributed by atoms with E-state index in [0.29, 0.717) is 12.5 Å². The Labute approximate surface area is 133 Å². The van der Waals surface area contributed by atoms with Gasteiger partial charge in [-0.05, 0) is 43.5 Å². The Balaban J connectivity index is 1.92. The summed E-state index contributed by atoms with van der Waals surface area (Å²) in [6.07, 6.45) is 2.01. The zero-order chi connectivity index (χ0) is 14.5. The predicted molar refractivity (Wildman–Crippen MR) is 84.5 cm³/mol. The summed E-state index contributed by atoms with van der Waals surface area (Å²) in [5.74, 6) is 0.633. The molecule has 0 saturated carbocycles. The lowest BCUT2D eigenvalue weighted by molar-refractivity contribution is 0.0154. The zero-order valence-corrected chi connectivity index (χ0v) is 13.9. The molecular weight excluding hydrogens is 342 g/mol. The molecule has 2 rings (SSSR count). The summed E-state index contributed by atoms with van der Waals surface area (Å²) >= 11 is 9.07. The fraction of sp³-hybridized carbons (Fsp3) is 0.533. The Kier molecular flexibility index (Phi) is 5.87. The number of aryl methyl sites for hydroxylation is 1. The molecule has 0 radical (unpaired) electrons. The van der Waals surface area contributed by atoms with Gasteiger partial charge >= 0.3 is 0 Å². The quantitative estimate of drug-likeness (QED) is 0.768. The smallest absolute Gasteiger partial charge is 0.253 e. The second-order valence-electron chi connectivity index (χ2n) is 5.02. The lowest BCUT2D eigenvalue weighted by atomic mass is 10.1. The van der Waals surface area contributed by atoms with E-state index in [1.165, 1.54) is 0 Å². The molecule has 1 amide bonds. The molecule has 110 valence electrons. The SMILES string of the molecule is Cc1cc(C(=O)N2CCC(OCCCl)CC2)ccc1Br. The van der Waals surface area contributed by atoms with E-state index in [-0.39, 0.29) is 12.0 Å². The van der Waals surface area contributed by atoms with Gasteiger partial charge in [0.05, 0.1) is 12.7 Å². The topological polar surface area (TPSA) is 29.5 Å². The first-order valence-electron chi connectivity index (χ1n) is 6.85. The van der Waals surface area contributed by atoms with E-state index >= 15 is 0 Å². The van der Waals surface area contributed by atoms with Crippen LogP contribution in [0.25, 0.3) is 0 Å². The molecule has 0 bridgehead atoms. The number of ether oxygens (including phenoxy) is 1. The lowest BCUT2D eigenvalue weighted by Gasteiger charge is -2.32. The van der Waals surface area contributed by atoms with Crippen molar-refractivity contribution < 1.29 is 9.53 Å². The minimum Gasteiger partial charge on any atom is -0.377 e. The maximum Gasteiger partial charge on any atom is 0.253 e. The van der Waals surface area contributed by atoms with Crippen LogP contribution in [0.4, 0.5) is 0 Å². The number of amides is 1. The number of rotatable bonds is 4. The van der Waals surface area contributed by atoms with Crippen molar-refractivity contribution in [1.29, 1.82) is 0 Å². The number of alkyl halides is 1. The van der Waals surface area contributed by atoms with Gasteiger partial charge < -0.3 is 9.64 Å². The molecule has 0 spiro atoms. The highest BCUT2D eigenvalue weighted by Gasteiger charge is 2.24. The van der Waals surface area contributed by atoms with Crippen LogP contribution in [0, 0.1) is 6.92 Å². The molecule has 1 aliphatic rings. The highest BCUT2D eigenvalue weighted by molar-refractivity contribution is 9.10. The van der Waals surface area contributed by atoms with Gasteiger partial charge in [0, 0.05) is 29.0 Å². The van der Waals surface area contributed by atoms with Gasteiger partial charge in [0.1, 0.15) is 0 Å². The summed E-state index contributed by atoms with van der Waals surface area (Å²) < 4.78 is 6.65. The van der Waals surface area contributed by atoms with Crippen LogP contribution in [-0.4, -0.2) is 42.5 Å². The van der Waals surface area contributed by atoms with Gasteiger partial charge in [-0.2, -0.15) is 0 Å². The van der Waals surface area contributed by atoms with E-state index in [0.717, 1.165) is 41.5 Å². The number of carbonyl (C=O) groups excluding carboxylic acids is 1. The van der Waals surface area contributed by atoms with Gasteiger partial charge in [-0.3, -0.25) is 4.79 Å². The van der Waals surface area contributed by atoms with E-state index in [4.69, 9.17) is 16.3 Å². The van der Waals surface area contributed by atoms with Crippen LogP contribution < -0.4 is 0 Å². The minimum atomic E-state index is 0.108. The van der Waals surface area contributed by atoms with Gasteiger partial charge in [0.15, 0.2) is 0 Å². The van der Waals surface area contributed by atoms with Crippen molar-refractivity contribution in [3.8, 4) is 0 Å². The number of halogens is 2. The molecule has 20 heavy (non-hydrogen) atoms. The van der Waals surface area contributed by atoms with Crippen LogP contribution in [0.1, 0.15) is 28.8 Å². The Morgan fingerprint density at radius 3 is 2.75 bits per heavy atom. The highest BCUT2D eigenvalue weighted by atomic mass is 79.9. The van der Waals surface area contributed by atoms with Crippen LogP contribution in [-0.2, 0) is 4.74 Å². The Hall–Kier alpha value is -0.580. The molecule has 0 unspecified atom stereocenters. The molecule has 1 aliphatic heterocycles. The van der Waals surface area contributed by atoms with Crippen molar-refractivity contribution in [2.75, 3.05) is 25.6 Å². The van der Waals surface area contributed by atoms with Crippen LogP contribution in [0.2, 0.25) is 0 Å². The van der Waals surface area contributed by atoms with Crippen LogP contribution in [0.15, 0.2) is 22.7 Å². The molecule has 0 aliphatic carbocycles. The fourth-order valence-corrected chi connectivity index (χ4v) is 2.73. The van der Waals surface area contributed by atoms with E-state index in [2.05, 4.69) is 15.9 Å². The summed E-state index contributed by atoms with van der Waals surface area (Å²) in [5.41, 5.74) is 1.84. The van der Waals surface area contributed by atoms with Crippen molar-refractivity contribution in [3.05, 3.63) is 33.8 Å². The second-order valence-corrected chi connectivity index (χ2v) is 6.25. The summed E-state index contributed by atoms with van der Waals surface area (Å²) in [5, 5.41) is 0. The standard InChI is InChI=1S/C15H19BrClNO2/c1-11-10-12(2-3-14(11)16)15(19)18-7-4-13(5-8-18)20-9-6-17/h2-3,10,13H,4-9H2,1H3. The Morgan fingerprint density at radius 1 is 1.45 bits per heavy atom. The summed E-state index contributed by atoms with van der Waals surface area (Å²) in [7, 11) is 0. The average molecular weight is 361 g/mol. The third kappa shape index (κ3) is 3.96. The van der Waals surface area contributed by atoms with Gasteiger partial charge in [0.2, 0.25) is 0 Å². The van der Waals surface area contributed by atoms with E-state index in [1.807, 2.05) is 30.0 Å². The van der Waals surface area contributed by atoms with E-state index in [9.17, 15) is 4.79 Å². The minimum absolute atomic E-state index is 0.108. The molecule has 1 heterocycles. The van der Waals surface area contributed by atoms with Gasteiger partial charge in [-0.15, -0.1) is 11.6 Å². The van der Waals surface area contributed by atoms with Crippen LogP contribution in [0.3, 0.4) is 0 Å². The van der Waals surface area contributed by atoms with Crippen molar-refractivity contribution >= 4 is 33.4 Å². The van der Waals surface area contributed by atoms with E-state index in [1.54, 1.807) is 0 Å². The van der Waals surface area contributed by atoms with Crippen molar-refractivity contribution in [2.45, 2.75) is 25.9 Å². The first kappa shape index (κ1) is 15.8. The van der Waals surface area contributed by atoms with Crippen molar-refractivity contribution in [2.24, 2.45) is 0 Å². The maximum absolute atomic E-state index is 12.4. The number of nitrogens with zero attached hydrogens (tertiary/aromatic N) is 1. The lowest BCUT2D eigenvalue weighted by Crippen LogP contribution is -2.41. The first-order valence-corrected chi connectivity index (χ1v) is 8.17. The fourth-order valence-electron chi connectivity index (χ4n) is 2.40. The number of likely N-dealkylation sites (tertiary alicyclic amines) is 1. The number of carbonyl (C=O) groups is 1. The van der Waals surface area contributed by atoms with Gasteiger partial charge in [-0.1, -0.05) is 15.9 Å². The Morgan fingerprint density at radius 2 is 2.15 bits per heavy atom. The molecule has 0 N–H and O–H groups in total. The molecule has 0 aromatic heterocycles. The normalized spacial score (nSPS) is 16.4. The van der Waals surface area contributed by atoms with Crippen molar-refractivity contribution in [3.63, 3.8) is 0 Å². The Bertz CT molecular complexity index is 473. The number of hydrogen-bond donors (Lipinski definition) is 0. The summed E-state index contributed by atoms with van der Waals surface area (Å²) in [6.45, 7) is 4.08. The number of hydrogen-bond acceptors (Lipinski definition) is 2. The van der Waals surface area contributed by atoms with Crippen molar-refractivity contribution in [1.82, 2.24) is 4.90 Å². The summed E-state index contributed by atoms with van der Waals surface area (Å²) in [4.78, 5) is 14.3. The van der Waals surface area contributed by atoms with Gasteiger partial charge in [0.25, 0.3) is 5.91 Å². The molecule has 3 nitrogen and oxygen atoms in total. The average Bonchev–Trinajstić information content (AvgIpc) is 2.48. The highest BCUT2D eigenvalue weighted by Crippen LogP contribution is 2.20. The predicted octanol–water partition coefficient (Wildman–Crippen LogP) is 3.62. The molecule has 1 saturated heterocycles. The molecule has 1 aromatic carbocycles. The largest absolute Gasteiger partial charge is 0.377 e. The second kappa shape index (κ2) is 7.43. The number of benzene rings is 1. The monoisotopic (exact) mass is 359 g/mol. The van der Waals surface area contributed by atoms with Crippen LogP contribution >= 0.6 is 27.5 Å². The third-order valence-electron chi connectivity index (χ3n) is 3.56. The summed E-state index contributed by atoms with van der Waals surface area (Å²) in [6, 6.07) is 5.73. The molecule has 1 aromatic rings. The maximum atomic E-state index is 12.4. The van der Waals surface area contributed by atoms with E-state index < -0.39 is 0 Å². The zero-order valence-electron chi connectivity index (χ0n) is 11.6. The molecule has 1 fully saturated rings. The van der Waals surface area contributed by atoms with Crippen LogP contribution in [0.5, 0.6) is 0 Å². The van der Waals surface area contributed by atoms with Gasteiger partial charge in [-0.25, -0.2) is 0 Å². The molecule has 5 heteroatoms. The third-order valence-corrected chi connectivity index (χ3v) is 4.61.